The van der Waals surface area contributed by atoms with Crippen LogP contribution < -0.4 is 9.47 Å². The summed E-state index contributed by atoms with van der Waals surface area (Å²) in [6, 6.07) is 13.1. The second-order valence-corrected chi connectivity index (χ2v) is 5.01. The van der Waals surface area contributed by atoms with Gasteiger partial charge in [-0.2, -0.15) is 0 Å². The maximum atomic E-state index is 11.3. The van der Waals surface area contributed by atoms with Crippen LogP contribution in [0.1, 0.15) is 5.56 Å². The minimum absolute atomic E-state index is 0.153. The van der Waals surface area contributed by atoms with Gasteiger partial charge in [0, 0.05) is 6.21 Å². The summed E-state index contributed by atoms with van der Waals surface area (Å²) in [5.41, 5.74) is 1.42. The number of ether oxygens (including phenoxy) is 4. The highest BCUT2D eigenvalue weighted by Crippen LogP contribution is 2.19. The third kappa shape index (κ3) is 6.95. The molecule has 0 aliphatic rings. The van der Waals surface area contributed by atoms with Gasteiger partial charge in [0.1, 0.15) is 11.5 Å². The molecular weight excluding hydrogens is 362 g/mol. The number of hydrogen-bond donors (Lipinski definition) is 0. The second kappa shape index (κ2) is 10.7. The topological polar surface area (TPSA) is 83.4 Å². The molecule has 0 amide bonds. The SMILES string of the molecule is C#CCOC(=O)Oc1ccc(/C=N/c2ccc(OC(=O)OCC#C)cc2)cc1. The van der Waals surface area contributed by atoms with Gasteiger partial charge in [-0.1, -0.05) is 11.8 Å². The molecule has 7 heteroatoms. The fraction of sp³-hybridized carbons (Fsp3) is 0.0952. The van der Waals surface area contributed by atoms with E-state index in [1.165, 1.54) is 0 Å². The largest absolute Gasteiger partial charge is 0.514 e. The van der Waals surface area contributed by atoms with Gasteiger partial charge in [0.2, 0.25) is 0 Å². The Bertz CT molecular complexity index is 840. The van der Waals surface area contributed by atoms with Crippen molar-refractivity contribution in [3.05, 3.63) is 54.1 Å². The van der Waals surface area contributed by atoms with Crippen molar-refractivity contribution in [2.24, 2.45) is 4.99 Å². The molecule has 0 aliphatic carbocycles. The summed E-state index contributed by atoms with van der Waals surface area (Å²) in [4.78, 5) is 26.9. The lowest BCUT2D eigenvalue weighted by atomic mass is 10.2. The van der Waals surface area contributed by atoms with Crippen molar-refractivity contribution >= 4 is 24.2 Å². The quantitative estimate of drug-likeness (QED) is 0.330. The van der Waals surface area contributed by atoms with E-state index in [1.807, 2.05) is 0 Å². The Labute approximate surface area is 161 Å². The molecule has 0 saturated heterocycles. The van der Waals surface area contributed by atoms with Crippen LogP contribution in [0.15, 0.2) is 53.5 Å². The van der Waals surface area contributed by atoms with E-state index in [2.05, 4.69) is 26.3 Å². The van der Waals surface area contributed by atoms with Crippen molar-refractivity contribution in [2.75, 3.05) is 13.2 Å². The molecule has 2 rings (SSSR count). The van der Waals surface area contributed by atoms with Crippen molar-refractivity contribution in [3.8, 4) is 36.2 Å². The van der Waals surface area contributed by atoms with Crippen LogP contribution in [0.4, 0.5) is 15.3 Å². The van der Waals surface area contributed by atoms with Gasteiger partial charge in [0.05, 0.1) is 5.69 Å². The van der Waals surface area contributed by atoms with Crippen molar-refractivity contribution in [2.45, 2.75) is 0 Å². The maximum Gasteiger partial charge on any atom is 0.514 e. The molecule has 0 radical (unpaired) electrons. The summed E-state index contributed by atoms with van der Waals surface area (Å²) in [6.45, 7) is -0.309. The molecule has 0 spiro atoms. The van der Waals surface area contributed by atoms with E-state index in [1.54, 1.807) is 54.7 Å². The zero-order chi connectivity index (χ0) is 20.2. The summed E-state index contributed by atoms with van der Waals surface area (Å²) < 4.78 is 19.1. The number of benzene rings is 2. The normalized spacial score (nSPS) is 9.79. The van der Waals surface area contributed by atoms with Crippen LogP contribution in [0, 0.1) is 24.7 Å². The predicted molar refractivity (Wildman–Crippen MR) is 102 cm³/mol. The molecule has 0 bridgehead atoms. The number of nitrogens with zero attached hydrogens (tertiary/aromatic N) is 1. The number of carbonyl (C=O) groups is 2. The van der Waals surface area contributed by atoms with Crippen LogP contribution in [0.5, 0.6) is 11.5 Å². The molecule has 140 valence electrons. The highest BCUT2D eigenvalue weighted by atomic mass is 16.7. The molecule has 7 nitrogen and oxygen atoms in total. The van der Waals surface area contributed by atoms with Crippen LogP contribution in [0.2, 0.25) is 0 Å². The Balaban J connectivity index is 1.89. The molecule has 0 saturated carbocycles. The minimum atomic E-state index is -0.875. The van der Waals surface area contributed by atoms with Crippen molar-refractivity contribution in [3.63, 3.8) is 0 Å². The Hall–Kier alpha value is -4.23. The van der Waals surface area contributed by atoms with Gasteiger partial charge in [-0.15, -0.1) is 12.8 Å². The van der Waals surface area contributed by atoms with Gasteiger partial charge < -0.3 is 18.9 Å². The molecule has 2 aromatic rings. The summed E-state index contributed by atoms with van der Waals surface area (Å²) in [6.07, 6.45) is 9.85. The molecule has 0 heterocycles. The fourth-order valence-corrected chi connectivity index (χ4v) is 1.82. The first-order valence-corrected chi connectivity index (χ1v) is 7.91. The van der Waals surface area contributed by atoms with Crippen LogP contribution in [0.25, 0.3) is 0 Å². The summed E-state index contributed by atoms with van der Waals surface area (Å²) in [5, 5.41) is 0. The average molecular weight is 377 g/mol. The standard InChI is InChI=1S/C21H15NO6/c1-3-13-25-20(23)27-18-9-5-16(6-10-18)15-22-17-7-11-19(12-8-17)28-21(24)26-14-4-2/h1-2,5-12,15H,13-14H2/b22-15+. The van der Waals surface area contributed by atoms with Gasteiger partial charge >= 0.3 is 12.3 Å². The maximum absolute atomic E-state index is 11.3. The average Bonchev–Trinajstić information content (AvgIpc) is 2.71. The first-order chi connectivity index (χ1) is 13.6. The zero-order valence-corrected chi connectivity index (χ0v) is 14.7. The first kappa shape index (κ1) is 20.1. The van der Waals surface area contributed by atoms with E-state index in [-0.39, 0.29) is 13.2 Å². The third-order valence-corrected chi connectivity index (χ3v) is 3.03. The molecule has 0 aliphatic heterocycles. The molecule has 0 aromatic heterocycles. The Morgan fingerprint density at radius 1 is 0.821 bits per heavy atom. The van der Waals surface area contributed by atoms with Crippen LogP contribution in [0.3, 0.4) is 0 Å². The predicted octanol–water partition coefficient (Wildman–Crippen LogP) is 3.73. The first-order valence-electron chi connectivity index (χ1n) is 7.91. The number of rotatable bonds is 6. The summed E-state index contributed by atoms with van der Waals surface area (Å²) in [7, 11) is 0. The molecule has 0 N–H and O–H groups in total. The number of terminal acetylenes is 2. The molecule has 28 heavy (non-hydrogen) atoms. The van der Waals surface area contributed by atoms with Crippen molar-refractivity contribution in [1.82, 2.24) is 0 Å². The lowest BCUT2D eigenvalue weighted by Crippen LogP contribution is -2.10. The van der Waals surface area contributed by atoms with Gasteiger partial charge in [-0.3, -0.25) is 4.99 Å². The number of aliphatic imine (C=N–C) groups is 1. The van der Waals surface area contributed by atoms with Gasteiger partial charge in [-0.25, -0.2) is 9.59 Å². The van der Waals surface area contributed by atoms with Gasteiger partial charge in [0.25, 0.3) is 0 Å². The minimum Gasteiger partial charge on any atom is -0.421 e. The van der Waals surface area contributed by atoms with Crippen molar-refractivity contribution in [1.29, 1.82) is 0 Å². The molecule has 0 unspecified atom stereocenters. The highest BCUT2D eigenvalue weighted by molar-refractivity contribution is 5.82. The molecule has 0 atom stereocenters. The molecular formula is C21H15NO6. The van der Waals surface area contributed by atoms with E-state index >= 15 is 0 Å². The van der Waals surface area contributed by atoms with E-state index in [0.29, 0.717) is 17.2 Å². The Kier molecular flexibility index (Phi) is 7.67. The van der Waals surface area contributed by atoms with Crippen LogP contribution >= 0.6 is 0 Å². The smallest absolute Gasteiger partial charge is 0.421 e. The number of hydrogen-bond acceptors (Lipinski definition) is 7. The number of carbonyl (C=O) groups excluding carboxylic acids is 2. The Morgan fingerprint density at radius 2 is 1.29 bits per heavy atom. The van der Waals surface area contributed by atoms with Crippen LogP contribution in [-0.4, -0.2) is 31.7 Å². The summed E-state index contributed by atoms with van der Waals surface area (Å²) in [5.74, 6) is 4.96. The van der Waals surface area contributed by atoms with Gasteiger partial charge in [-0.05, 0) is 54.1 Å². The van der Waals surface area contributed by atoms with E-state index in [9.17, 15) is 9.59 Å². The van der Waals surface area contributed by atoms with E-state index in [4.69, 9.17) is 22.3 Å². The summed E-state index contributed by atoms with van der Waals surface area (Å²) >= 11 is 0. The highest BCUT2D eigenvalue weighted by Gasteiger charge is 2.05. The zero-order valence-electron chi connectivity index (χ0n) is 14.7. The van der Waals surface area contributed by atoms with Gasteiger partial charge in [0.15, 0.2) is 13.2 Å². The van der Waals surface area contributed by atoms with Crippen LogP contribution in [-0.2, 0) is 9.47 Å². The fourth-order valence-electron chi connectivity index (χ4n) is 1.82. The Morgan fingerprint density at radius 3 is 1.75 bits per heavy atom. The third-order valence-electron chi connectivity index (χ3n) is 3.03. The lowest BCUT2D eigenvalue weighted by molar-refractivity contribution is 0.110. The van der Waals surface area contributed by atoms with E-state index in [0.717, 1.165) is 5.56 Å². The second-order valence-electron chi connectivity index (χ2n) is 5.01. The van der Waals surface area contributed by atoms with Crippen molar-refractivity contribution < 1.29 is 28.5 Å². The monoisotopic (exact) mass is 377 g/mol. The molecule has 0 fully saturated rings. The lowest BCUT2D eigenvalue weighted by Gasteiger charge is -2.04. The van der Waals surface area contributed by atoms with E-state index < -0.39 is 12.3 Å². The molecule has 2 aromatic carbocycles.